The molecule has 1 aliphatic heterocycles. The number of benzene rings is 1. The molecule has 0 radical (unpaired) electrons. The molecule has 1 aliphatic rings. The van der Waals surface area contributed by atoms with Gasteiger partial charge in [0.2, 0.25) is 5.91 Å². The van der Waals surface area contributed by atoms with Crippen molar-refractivity contribution >= 4 is 40.7 Å². The molecule has 2 amide bonds. The molecule has 4 rings (SSSR count). The Balaban J connectivity index is 1.69. The summed E-state index contributed by atoms with van der Waals surface area (Å²) in [5.41, 5.74) is 2.69. The fourth-order valence-electron chi connectivity index (χ4n) is 4.88. The summed E-state index contributed by atoms with van der Waals surface area (Å²) in [5.74, 6) is 1.21. The van der Waals surface area contributed by atoms with E-state index in [1.165, 1.54) is 6.08 Å². The Bertz CT molecular complexity index is 1310. The topological polar surface area (TPSA) is 115 Å². The fourth-order valence-corrected chi connectivity index (χ4v) is 4.88. The van der Waals surface area contributed by atoms with Gasteiger partial charge < -0.3 is 20.6 Å². The summed E-state index contributed by atoms with van der Waals surface area (Å²) in [5, 5.41) is 20.7. The Morgan fingerprint density at radius 2 is 2.03 bits per heavy atom. The first-order valence-corrected chi connectivity index (χ1v) is 12.6. The molecule has 0 aliphatic carbocycles. The second-order valence-corrected chi connectivity index (χ2v) is 10.2. The van der Waals surface area contributed by atoms with Crippen LogP contribution in [0.15, 0.2) is 49.2 Å². The highest BCUT2D eigenvalue weighted by Crippen LogP contribution is 2.30. The highest BCUT2D eigenvalue weighted by molar-refractivity contribution is 5.99. The Hall–Kier alpha value is -4.08. The van der Waals surface area contributed by atoms with Gasteiger partial charge in [-0.05, 0) is 64.3 Å². The van der Waals surface area contributed by atoms with Gasteiger partial charge in [0.1, 0.15) is 11.6 Å². The molecule has 0 spiro atoms. The summed E-state index contributed by atoms with van der Waals surface area (Å²) >= 11 is 0. The third-order valence-electron chi connectivity index (χ3n) is 6.51. The molecule has 3 N–H and O–H groups in total. The lowest BCUT2D eigenvalue weighted by Gasteiger charge is -2.44. The molecule has 10 nitrogen and oxygen atoms in total. The van der Waals surface area contributed by atoms with Crippen LogP contribution in [0.5, 0.6) is 0 Å². The van der Waals surface area contributed by atoms with Crippen molar-refractivity contribution in [1.29, 1.82) is 0 Å². The molecule has 1 atom stereocenters. The quantitative estimate of drug-likeness (QED) is 0.391. The molecule has 1 saturated heterocycles. The average Bonchev–Trinajstić information content (AvgIpc) is 3.26. The third kappa shape index (κ3) is 5.68. The first kappa shape index (κ1) is 26.0. The van der Waals surface area contributed by atoms with Crippen LogP contribution in [0.25, 0.3) is 5.65 Å². The lowest BCUT2D eigenvalue weighted by atomic mass is 9.97. The number of hydrogen-bond donors (Lipinski definition) is 3. The Morgan fingerprint density at radius 3 is 2.70 bits per heavy atom. The standard InChI is InChI=1S/C27H35N7O3/c1-6-18-16-28-34-23(29-19-10-8-11-20(14-19)30-24(35)7-2)15-22(31-25(18)34)32-13-9-12-21(17-32)33(26(36)37)27(3,4)5/h7-8,10-11,14-16,21,29H,2,6,9,12-13,17H2,1,3-5H3,(H,30,35)(H,36,37). The van der Waals surface area contributed by atoms with Crippen LogP contribution in [0, 0.1) is 0 Å². The molecule has 10 heteroatoms. The summed E-state index contributed by atoms with van der Waals surface area (Å²) in [6, 6.07) is 9.21. The summed E-state index contributed by atoms with van der Waals surface area (Å²) in [6.07, 6.45) is 4.60. The van der Waals surface area contributed by atoms with Crippen molar-refractivity contribution in [3.63, 3.8) is 0 Å². The van der Waals surface area contributed by atoms with Crippen molar-refractivity contribution in [3.8, 4) is 0 Å². The number of carbonyl (C=O) groups is 2. The van der Waals surface area contributed by atoms with Crippen molar-refractivity contribution in [1.82, 2.24) is 19.5 Å². The molecule has 0 bridgehead atoms. The zero-order valence-corrected chi connectivity index (χ0v) is 21.9. The number of amides is 2. The van der Waals surface area contributed by atoms with Crippen LogP contribution < -0.4 is 15.5 Å². The van der Waals surface area contributed by atoms with Crippen molar-refractivity contribution in [2.75, 3.05) is 28.6 Å². The van der Waals surface area contributed by atoms with E-state index in [0.29, 0.717) is 12.2 Å². The van der Waals surface area contributed by atoms with Crippen LogP contribution in [0.1, 0.15) is 46.1 Å². The Kier molecular flexibility index (Phi) is 7.37. The number of hydrogen-bond acceptors (Lipinski definition) is 6. The van der Waals surface area contributed by atoms with E-state index in [1.807, 2.05) is 51.2 Å². The zero-order valence-electron chi connectivity index (χ0n) is 21.9. The van der Waals surface area contributed by atoms with E-state index >= 15 is 0 Å². The van der Waals surface area contributed by atoms with E-state index in [4.69, 9.17) is 4.98 Å². The Morgan fingerprint density at radius 1 is 1.27 bits per heavy atom. The molecule has 3 aromatic rings. The highest BCUT2D eigenvalue weighted by atomic mass is 16.4. The first-order chi connectivity index (χ1) is 17.6. The normalized spacial score (nSPS) is 15.9. The number of rotatable bonds is 7. The molecule has 196 valence electrons. The van der Waals surface area contributed by atoms with Gasteiger partial charge in [0, 0.05) is 41.6 Å². The van der Waals surface area contributed by atoms with Crippen molar-refractivity contribution in [3.05, 3.63) is 54.7 Å². The SMILES string of the molecule is C=CC(=O)Nc1cccc(Nc2cc(N3CCCC(N(C(=O)O)C(C)(C)C)C3)nc3c(CC)cnn23)c1. The third-order valence-corrected chi connectivity index (χ3v) is 6.51. The van der Waals surface area contributed by atoms with Gasteiger partial charge >= 0.3 is 6.09 Å². The predicted molar refractivity (Wildman–Crippen MR) is 146 cm³/mol. The summed E-state index contributed by atoms with van der Waals surface area (Å²) in [6.45, 7) is 12.7. The van der Waals surface area contributed by atoms with Gasteiger partial charge in [-0.2, -0.15) is 9.61 Å². The second-order valence-electron chi connectivity index (χ2n) is 10.2. The molecular formula is C27H35N7O3. The van der Waals surface area contributed by atoms with Gasteiger partial charge in [-0.15, -0.1) is 0 Å². The van der Waals surface area contributed by atoms with Crippen molar-refractivity contribution in [2.24, 2.45) is 0 Å². The van der Waals surface area contributed by atoms with Gasteiger partial charge in [-0.1, -0.05) is 19.6 Å². The van der Waals surface area contributed by atoms with Gasteiger partial charge in [0.05, 0.1) is 12.2 Å². The van der Waals surface area contributed by atoms with Crippen molar-refractivity contribution < 1.29 is 14.7 Å². The minimum absolute atomic E-state index is 0.138. The molecule has 3 heterocycles. The summed E-state index contributed by atoms with van der Waals surface area (Å²) in [7, 11) is 0. The number of aryl methyl sites for hydroxylation is 1. The minimum Gasteiger partial charge on any atom is -0.465 e. The van der Waals surface area contributed by atoms with Crippen LogP contribution in [0.4, 0.5) is 27.8 Å². The van der Waals surface area contributed by atoms with Crippen LogP contribution in [-0.4, -0.2) is 61.3 Å². The maximum Gasteiger partial charge on any atom is 0.408 e. The van der Waals surface area contributed by atoms with E-state index in [2.05, 4.69) is 34.1 Å². The van der Waals surface area contributed by atoms with E-state index in [-0.39, 0.29) is 11.9 Å². The van der Waals surface area contributed by atoms with E-state index in [9.17, 15) is 14.7 Å². The lowest BCUT2D eigenvalue weighted by Crippen LogP contribution is -2.57. The Labute approximate surface area is 217 Å². The number of carboxylic acid groups (broad SMARTS) is 1. The lowest BCUT2D eigenvalue weighted by molar-refractivity contribution is -0.111. The fraction of sp³-hybridized carbons (Fsp3) is 0.407. The van der Waals surface area contributed by atoms with Crippen molar-refractivity contribution in [2.45, 2.75) is 58.5 Å². The zero-order chi connectivity index (χ0) is 26.7. The molecular weight excluding hydrogens is 470 g/mol. The minimum atomic E-state index is -0.905. The monoisotopic (exact) mass is 505 g/mol. The molecule has 37 heavy (non-hydrogen) atoms. The van der Waals surface area contributed by atoms with Gasteiger partial charge in [0.25, 0.3) is 0 Å². The molecule has 1 fully saturated rings. The van der Waals surface area contributed by atoms with Gasteiger partial charge in [-0.3, -0.25) is 9.69 Å². The summed E-state index contributed by atoms with van der Waals surface area (Å²) < 4.78 is 1.78. The first-order valence-electron chi connectivity index (χ1n) is 12.6. The highest BCUT2D eigenvalue weighted by Gasteiger charge is 2.36. The van der Waals surface area contributed by atoms with Gasteiger partial charge in [0.15, 0.2) is 5.65 Å². The largest absolute Gasteiger partial charge is 0.465 e. The number of fused-ring (bicyclic) bond motifs is 1. The van der Waals surface area contributed by atoms with Crippen LogP contribution in [0.3, 0.4) is 0 Å². The van der Waals surface area contributed by atoms with Crippen LogP contribution in [0.2, 0.25) is 0 Å². The number of piperidine rings is 1. The van der Waals surface area contributed by atoms with Crippen LogP contribution >= 0.6 is 0 Å². The molecule has 0 saturated carbocycles. The second kappa shape index (κ2) is 10.5. The van der Waals surface area contributed by atoms with E-state index < -0.39 is 11.6 Å². The van der Waals surface area contributed by atoms with Gasteiger partial charge in [-0.25, -0.2) is 9.78 Å². The molecule has 1 aromatic carbocycles. The van der Waals surface area contributed by atoms with E-state index in [1.54, 1.807) is 15.5 Å². The summed E-state index contributed by atoms with van der Waals surface area (Å²) in [4.78, 5) is 32.5. The number of carbonyl (C=O) groups excluding carboxylic acids is 1. The predicted octanol–water partition coefficient (Wildman–Crippen LogP) is 4.91. The average molecular weight is 506 g/mol. The smallest absolute Gasteiger partial charge is 0.408 e. The number of nitrogens with one attached hydrogen (secondary N) is 2. The maximum atomic E-state index is 12.1. The molecule has 1 unspecified atom stereocenters. The van der Waals surface area contributed by atoms with Crippen LogP contribution in [-0.2, 0) is 11.2 Å². The maximum absolute atomic E-state index is 12.1. The molecule has 2 aromatic heterocycles. The number of nitrogens with zero attached hydrogens (tertiary/aromatic N) is 5. The van der Waals surface area contributed by atoms with E-state index in [0.717, 1.165) is 54.3 Å². The number of anilines is 4. The number of aromatic nitrogens is 3.